The van der Waals surface area contributed by atoms with E-state index in [4.69, 9.17) is 5.84 Å². The van der Waals surface area contributed by atoms with Crippen LogP contribution in [0.25, 0.3) is 0 Å². The van der Waals surface area contributed by atoms with E-state index in [0.717, 1.165) is 12.8 Å². The molecule has 1 saturated heterocycles. The topological polar surface area (TPSA) is 46.3 Å². The van der Waals surface area contributed by atoms with Crippen LogP contribution in [0.4, 0.5) is 0 Å². The minimum absolute atomic E-state index is 0. The molecule has 1 aliphatic heterocycles. The molecule has 0 aliphatic carbocycles. The molecule has 1 aliphatic rings. The molecule has 4 heteroatoms. The zero-order valence-corrected chi connectivity index (χ0v) is 9.24. The SMILES string of the molecule is Cl.NN1CCC(Cc2ccccc2)C1=O. The van der Waals surface area contributed by atoms with Gasteiger partial charge in [0.1, 0.15) is 0 Å². The number of hydrazine groups is 1. The summed E-state index contributed by atoms with van der Waals surface area (Å²) < 4.78 is 0. The average Bonchev–Trinajstić information content (AvgIpc) is 2.52. The van der Waals surface area contributed by atoms with Gasteiger partial charge in [-0.05, 0) is 18.4 Å². The largest absolute Gasteiger partial charge is 0.280 e. The molecule has 15 heavy (non-hydrogen) atoms. The first kappa shape index (κ1) is 12.0. The Morgan fingerprint density at radius 3 is 2.53 bits per heavy atom. The predicted octanol–water partition coefficient (Wildman–Crippen LogP) is 1.37. The standard InChI is InChI=1S/C11H14N2O.ClH/c12-13-7-6-10(11(13)14)8-9-4-2-1-3-5-9;/h1-5,10H,6-8,12H2;1H. The van der Waals surface area contributed by atoms with E-state index in [0.29, 0.717) is 6.54 Å². The van der Waals surface area contributed by atoms with Crippen LogP contribution in [0.3, 0.4) is 0 Å². The monoisotopic (exact) mass is 226 g/mol. The van der Waals surface area contributed by atoms with Gasteiger partial charge in [-0.25, -0.2) is 5.84 Å². The maximum absolute atomic E-state index is 11.5. The van der Waals surface area contributed by atoms with Crippen molar-refractivity contribution in [1.82, 2.24) is 5.01 Å². The van der Waals surface area contributed by atoms with Gasteiger partial charge >= 0.3 is 0 Å². The van der Waals surface area contributed by atoms with E-state index in [1.165, 1.54) is 10.6 Å². The fraction of sp³-hybridized carbons (Fsp3) is 0.364. The third kappa shape index (κ3) is 2.70. The van der Waals surface area contributed by atoms with Gasteiger partial charge in [0.05, 0.1) is 0 Å². The highest BCUT2D eigenvalue weighted by Crippen LogP contribution is 2.19. The van der Waals surface area contributed by atoms with E-state index in [1.54, 1.807) is 0 Å². The Morgan fingerprint density at radius 1 is 1.33 bits per heavy atom. The van der Waals surface area contributed by atoms with Gasteiger partial charge in [-0.1, -0.05) is 30.3 Å². The fourth-order valence-corrected chi connectivity index (χ4v) is 1.85. The number of amides is 1. The normalized spacial score (nSPS) is 20.2. The molecule has 0 bridgehead atoms. The second kappa shape index (κ2) is 5.14. The van der Waals surface area contributed by atoms with Gasteiger partial charge < -0.3 is 0 Å². The number of carbonyl (C=O) groups excluding carboxylic acids is 1. The molecule has 1 aromatic rings. The molecule has 1 aromatic carbocycles. The summed E-state index contributed by atoms with van der Waals surface area (Å²) >= 11 is 0. The second-order valence-corrected chi connectivity index (χ2v) is 3.71. The fourth-order valence-electron chi connectivity index (χ4n) is 1.85. The number of halogens is 1. The number of nitrogens with zero attached hydrogens (tertiary/aromatic N) is 1. The van der Waals surface area contributed by atoms with Crippen LogP contribution in [-0.2, 0) is 11.2 Å². The summed E-state index contributed by atoms with van der Waals surface area (Å²) in [5.41, 5.74) is 1.21. The number of nitrogens with two attached hydrogens (primary N) is 1. The van der Waals surface area contributed by atoms with Crippen molar-refractivity contribution >= 4 is 18.3 Å². The molecule has 3 nitrogen and oxygen atoms in total. The highest BCUT2D eigenvalue weighted by atomic mass is 35.5. The smallest absolute Gasteiger partial charge is 0.239 e. The second-order valence-electron chi connectivity index (χ2n) is 3.71. The maximum Gasteiger partial charge on any atom is 0.239 e. The summed E-state index contributed by atoms with van der Waals surface area (Å²) in [6.45, 7) is 0.691. The number of rotatable bonds is 2. The van der Waals surface area contributed by atoms with Crippen LogP contribution < -0.4 is 5.84 Å². The Balaban J connectivity index is 0.00000112. The Morgan fingerprint density at radius 2 is 2.00 bits per heavy atom. The minimum atomic E-state index is 0. The van der Waals surface area contributed by atoms with Crippen LogP contribution >= 0.6 is 12.4 Å². The molecule has 82 valence electrons. The van der Waals surface area contributed by atoms with Gasteiger partial charge in [-0.2, -0.15) is 0 Å². The van der Waals surface area contributed by atoms with Crippen molar-refractivity contribution in [3.63, 3.8) is 0 Å². The van der Waals surface area contributed by atoms with Crippen LogP contribution in [0, 0.1) is 5.92 Å². The molecule has 0 aromatic heterocycles. The van der Waals surface area contributed by atoms with Crippen molar-refractivity contribution in [1.29, 1.82) is 0 Å². The molecule has 0 saturated carbocycles. The molecule has 1 fully saturated rings. The molecule has 2 rings (SSSR count). The quantitative estimate of drug-likeness (QED) is 0.612. The van der Waals surface area contributed by atoms with Crippen molar-refractivity contribution in [2.24, 2.45) is 11.8 Å². The number of benzene rings is 1. The number of hydrogen-bond donors (Lipinski definition) is 1. The first-order chi connectivity index (χ1) is 6.77. The lowest BCUT2D eigenvalue weighted by atomic mass is 9.98. The van der Waals surface area contributed by atoms with Crippen molar-refractivity contribution < 1.29 is 4.79 Å². The van der Waals surface area contributed by atoms with E-state index in [-0.39, 0.29) is 24.2 Å². The van der Waals surface area contributed by atoms with Gasteiger partial charge in [0, 0.05) is 12.5 Å². The van der Waals surface area contributed by atoms with Crippen molar-refractivity contribution in [2.75, 3.05) is 6.54 Å². The van der Waals surface area contributed by atoms with E-state index in [9.17, 15) is 4.79 Å². The van der Waals surface area contributed by atoms with Crippen LogP contribution in [0.1, 0.15) is 12.0 Å². The Labute approximate surface area is 95.6 Å². The van der Waals surface area contributed by atoms with E-state index < -0.39 is 0 Å². The minimum Gasteiger partial charge on any atom is -0.280 e. The summed E-state index contributed by atoms with van der Waals surface area (Å²) in [4.78, 5) is 11.5. The summed E-state index contributed by atoms with van der Waals surface area (Å²) in [6, 6.07) is 10.1. The van der Waals surface area contributed by atoms with Crippen LogP contribution in [0.5, 0.6) is 0 Å². The average molecular weight is 227 g/mol. The molecule has 2 N–H and O–H groups in total. The van der Waals surface area contributed by atoms with E-state index in [2.05, 4.69) is 0 Å². The van der Waals surface area contributed by atoms with Gasteiger partial charge in [-0.15, -0.1) is 12.4 Å². The van der Waals surface area contributed by atoms with Gasteiger partial charge in [0.25, 0.3) is 0 Å². The molecular weight excluding hydrogens is 212 g/mol. The highest BCUT2D eigenvalue weighted by molar-refractivity contribution is 5.85. The van der Waals surface area contributed by atoms with Crippen molar-refractivity contribution in [3.05, 3.63) is 35.9 Å². The highest BCUT2D eigenvalue weighted by Gasteiger charge is 2.29. The Hall–Kier alpha value is -1.06. The predicted molar refractivity (Wildman–Crippen MR) is 61.4 cm³/mol. The first-order valence-corrected chi connectivity index (χ1v) is 4.87. The molecular formula is C11H15ClN2O. The Bertz CT molecular complexity index is 329. The maximum atomic E-state index is 11.5. The first-order valence-electron chi connectivity index (χ1n) is 4.87. The van der Waals surface area contributed by atoms with Crippen LogP contribution in [-0.4, -0.2) is 17.5 Å². The van der Waals surface area contributed by atoms with Gasteiger partial charge in [-0.3, -0.25) is 9.80 Å². The lowest BCUT2D eigenvalue weighted by Gasteiger charge is -2.09. The van der Waals surface area contributed by atoms with Gasteiger partial charge in [0.15, 0.2) is 0 Å². The van der Waals surface area contributed by atoms with Crippen LogP contribution in [0.15, 0.2) is 30.3 Å². The molecule has 1 unspecified atom stereocenters. The molecule has 0 radical (unpaired) electrons. The molecule has 1 heterocycles. The zero-order chi connectivity index (χ0) is 9.97. The number of carbonyl (C=O) groups is 1. The van der Waals surface area contributed by atoms with E-state index >= 15 is 0 Å². The number of hydrogen-bond acceptors (Lipinski definition) is 2. The van der Waals surface area contributed by atoms with Crippen molar-refractivity contribution in [2.45, 2.75) is 12.8 Å². The third-order valence-electron chi connectivity index (χ3n) is 2.68. The van der Waals surface area contributed by atoms with Gasteiger partial charge in [0.2, 0.25) is 5.91 Å². The summed E-state index contributed by atoms with van der Waals surface area (Å²) in [7, 11) is 0. The third-order valence-corrected chi connectivity index (χ3v) is 2.68. The molecule has 1 amide bonds. The van der Waals surface area contributed by atoms with E-state index in [1.807, 2.05) is 30.3 Å². The zero-order valence-electron chi connectivity index (χ0n) is 8.43. The lowest BCUT2D eigenvalue weighted by Crippen LogP contribution is -2.34. The van der Waals surface area contributed by atoms with Crippen LogP contribution in [0.2, 0.25) is 0 Å². The Kier molecular flexibility index (Phi) is 4.12. The molecule has 1 atom stereocenters. The summed E-state index contributed by atoms with van der Waals surface area (Å²) in [5.74, 6) is 5.67. The van der Waals surface area contributed by atoms with Crippen molar-refractivity contribution in [3.8, 4) is 0 Å². The summed E-state index contributed by atoms with van der Waals surface area (Å²) in [6.07, 6.45) is 1.69. The lowest BCUT2D eigenvalue weighted by molar-refractivity contribution is -0.131. The molecule has 0 spiro atoms. The summed E-state index contributed by atoms with van der Waals surface area (Å²) in [5, 5.41) is 1.33.